The molecule has 174 valence electrons. The van der Waals surface area contributed by atoms with Crippen molar-refractivity contribution in [3.05, 3.63) is 65.1 Å². The summed E-state index contributed by atoms with van der Waals surface area (Å²) in [6, 6.07) is 7.64. The maximum Gasteiger partial charge on any atom is 0.245 e. The second kappa shape index (κ2) is 8.09. The molecule has 2 aromatic heterocycles. The Morgan fingerprint density at radius 3 is 2.65 bits per heavy atom. The Balaban J connectivity index is 1.59. The first-order valence-corrected chi connectivity index (χ1v) is 11.7. The number of nitrogens with one attached hydrogen (secondary N) is 1. The summed E-state index contributed by atoms with van der Waals surface area (Å²) in [7, 11) is 0. The topological polar surface area (TPSA) is 101 Å². The summed E-state index contributed by atoms with van der Waals surface area (Å²) >= 11 is 6.70. The number of amides is 1. The monoisotopic (exact) mass is 474 g/mol. The quantitative estimate of drug-likeness (QED) is 0.314. The zero-order valence-corrected chi connectivity index (χ0v) is 20.1. The number of aryl methyl sites for hydroxylation is 1. The van der Waals surface area contributed by atoms with Crippen molar-refractivity contribution in [1.82, 2.24) is 19.7 Å². The van der Waals surface area contributed by atoms with Gasteiger partial charge >= 0.3 is 0 Å². The van der Waals surface area contributed by atoms with E-state index in [0.29, 0.717) is 16.3 Å². The normalized spacial score (nSPS) is 16.7. The van der Waals surface area contributed by atoms with Crippen molar-refractivity contribution in [3.8, 4) is 22.4 Å². The van der Waals surface area contributed by atoms with E-state index >= 15 is 0 Å². The molecule has 1 aliphatic heterocycles. The SMILES string of the molecule is C=CC(=O)N1CC2(CC(n3nc(-c4cccnc4C)c(-c4c(Cl)ccc(N)c4C=N)c3C)C2)C1. The number of nitrogens with zero attached hydrogens (tertiary/aromatic N) is 4. The van der Waals surface area contributed by atoms with Crippen LogP contribution in [0.1, 0.15) is 35.8 Å². The molecular weight excluding hydrogens is 448 g/mol. The molecule has 3 heterocycles. The minimum Gasteiger partial charge on any atom is -0.398 e. The standard InChI is InChI=1S/C26H27ClN6O/c1-4-22(34)32-13-26(14-32)10-17(11-26)33-16(3)23(24-19(12-28)21(29)8-7-20(24)27)25(31-33)18-6-5-9-30-15(18)2/h4-9,12,17,28H,1,10-11,13-14,29H2,2-3H3. The van der Waals surface area contributed by atoms with Crippen molar-refractivity contribution in [2.45, 2.75) is 32.7 Å². The summed E-state index contributed by atoms with van der Waals surface area (Å²) in [6.07, 6.45) is 6.32. The van der Waals surface area contributed by atoms with E-state index in [-0.39, 0.29) is 17.4 Å². The lowest BCUT2D eigenvalue weighted by atomic mass is 9.60. The van der Waals surface area contributed by atoms with Crippen molar-refractivity contribution in [2.24, 2.45) is 5.41 Å². The summed E-state index contributed by atoms with van der Waals surface area (Å²) in [5, 5.41) is 13.6. The van der Waals surface area contributed by atoms with Crippen LogP contribution in [0.5, 0.6) is 0 Å². The predicted octanol–water partition coefficient (Wildman–Crippen LogP) is 4.81. The van der Waals surface area contributed by atoms with Crippen molar-refractivity contribution in [3.63, 3.8) is 0 Å². The number of pyridine rings is 1. The first-order valence-electron chi connectivity index (χ1n) is 11.3. The van der Waals surface area contributed by atoms with Gasteiger partial charge in [0.05, 0.1) is 6.04 Å². The van der Waals surface area contributed by atoms with Gasteiger partial charge in [-0.05, 0) is 57.0 Å². The lowest BCUT2D eigenvalue weighted by molar-refractivity contribution is -0.149. The molecule has 34 heavy (non-hydrogen) atoms. The van der Waals surface area contributed by atoms with E-state index in [1.807, 2.05) is 30.9 Å². The van der Waals surface area contributed by atoms with Crippen molar-refractivity contribution < 1.29 is 4.79 Å². The Labute approximate surface area is 203 Å². The molecule has 7 nitrogen and oxygen atoms in total. The third-order valence-corrected chi connectivity index (χ3v) is 7.57. The minimum absolute atomic E-state index is 0.00329. The second-order valence-electron chi connectivity index (χ2n) is 9.42. The van der Waals surface area contributed by atoms with Crippen LogP contribution in [-0.2, 0) is 4.79 Å². The Morgan fingerprint density at radius 2 is 2.00 bits per heavy atom. The molecule has 3 N–H and O–H groups in total. The molecule has 1 aromatic carbocycles. The van der Waals surface area contributed by atoms with E-state index in [2.05, 4.69) is 16.2 Å². The van der Waals surface area contributed by atoms with E-state index in [1.54, 1.807) is 18.3 Å². The fraction of sp³-hybridized carbons (Fsp3) is 0.308. The zero-order chi connectivity index (χ0) is 24.2. The van der Waals surface area contributed by atoms with Gasteiger partial charge in [0.1, 0.15) is 5.69 Å². The van der Waals surface area contributed by atoms with Crippen LogP contribution in [0.3, 0.4) is 0 Å². The van der Waals surface area contributed by atoms with Crippen molar-refractivity contribution in [1.29, 1.82) is 5.41 Å². The summed E-state index contributed by atoms with van der Waals surface area (Å²) < 4.78 is 2.09. The third kappa shape index (κ3) is 3.34. The highest BCUT2D eigenvalue weighted by atomic mass is 35.5. The van der Waals surface area contributed by atoms with Crippen LogP contribution in [0.15, 0.2) is 43.1 Å². The van der Waals surface area contributed by atoms with E-state index in [1.165, 1.54) is 12.3 Å². The Kier molecular flexibility index (Phi) is 5.32. The maximum atomic E-state index is 11.9. The Bertz CT molecular complexity index is 1330. The largest absolute Gasteiger partial charge is 0.398 e. The molecule has 2 fully saturated rings. The Hall–Kier alpha value is -3.45. The highest BCUT2D eigenvalue weighted by Crippen LogP contribution is 2.55. The van der Waals surface area contributed by atoms with E-state index in [9.17, 15) is 4.79 Å². The van der Waals surface area contributed by atoms with Crippen LogP contribution in [0.2, 0.25) is 5.02 Å². The van der Waals surface area contributed by atoms with Gasteiger partial charge in [0.25, 0.3) is 0 Å². The van der Waals surface area contributed by atoms with Gasteiger partial charge in [-0.25, -0.2) is 0 Å². The van der Waals surface area contributed by atoms with Crippen LogP contribution >= 0.6 is 11.6 Å². The first-order chi connectivity index (χ1) is 16.3. The van der Waals surface area contributed by atoms with Gasteiger partial charge in [-0.3, -0.25) is 14.5 Å². The number of nitrogen functional groups attached to an aromatic ring is 1. The van der Waals surface area contributed by atoms with Gasteiger partial charge in [-0.15, -0.1) is 0 Å². The van der Waals surface area contributed by atoms with E-state index in [0.717, 1.165) is 59.7 Å². The highest BCUT2D eigenvalue weighted by Gasteiger charge is 2.54. The van der Waals surface area contributed by atoms with Crippen LogP contribution in [-0.4, -0.2) is 44.9 Å². The molecule has 0 unspecified atom stereocenters. The van der Waals surface area contributed by atoms with E-state index < -0.39 is 0 Å². The van der Waals surface area contributed by atoms with Crippen LogP contribution in [0.4, 0.5) is 5.69 Å². The molecule has 5 rings (SSSR count). The molecule has 2 aliphatic rings. The summed E-state index contributed by atoms with van der Waals surface area (Å²) in [6.45, 7) is 9.14. The second-order valence-corrected chi connectivity index (χ2v) is 9.83. The lowest BCUT2D eigenvalue weighted by Gasteiger charge is -2.58. The summed E-state index contributed by atoms with van der Waals surface area (Å²) in [5.74, 6) is -0.00329. The van der Waals surface area contributed by atoms with Crippen molar-refractivity contribution >= 4 is 29.4 Å². The third-order valence-electron chi connectivity index (χ3n) is 7.26. The molecule has 0 atom stereocenters. The van der Waals surface area contributed by atoms with Crippen molar-refractivity contribution in [2.75, 3.05) is 18.8 Å². The molecule has 8 heteroatoms. The number of rotatable bonds is 5. The minimum atomic E-state index is -0.00329. The predicted molar refractivity (Wildman–Crippen MR) is 135 cm³/mol. The molecule has 1 amide bonds. The van der Waals surface area contributed by atoms with Crippen LogP contribution < -0.4 is 5.73 Å². The molecule has 1 saturated carbocycles. The molecule has 0 radical (unpaired) electrons. The van der Waals surface area contributed by atoms with Gasteiger partial charge in [0, 0.05) is 75.3 Å². The van der Waals surface area contributed by atoms with Gasteiger partial charge in [0.15, 0.2) is 0 Å². The molecule has 1 saturated heterocycles. The van der Waals surface area contributed by atoms with E-state index in [4.69, 9.17) is 27.8 Å². The van der Waals surface area contributed by atoms with Gasteiger partial charge in [-0.1, -0.05) is 18.2 Å². The Morgan fingerprint density at radius 1 is 1.26 bits per heavy atom. The fourth-order valence-corrected chi connectivity index (χ4v) is 5.79. The summed E-state index contributed by atoms with van der Waals surface area (Å²) in [5.41, 5.74) is 12.6. The van der Waals surface area contributed by atoms with Gasteiger partial charge in [0.2, 0.25) is 5.91 Å². The number of hydrogen-bond donors (Lipinski definition) is 2. The molecule has 1 aliphatic carbocycles. The maximum absolute atomic E-state index is 11.9. The molecule has 3 aromatic rings. The number of hydrogen-bond acceptors (Lipinski definition) is 5. The zero-order valence-electron chi connectivity index (χ0n) is 19.3. The highest BCUT2D eigenvalue weighted by molar-refractivity contribution is 6.34. The molecule has 1 spiro atoms. The summed E-state index contributed by atoms with van der Waals surface area (Å²) in [4.78, 5) is 18.2. The average Bonchev–Trinajstić information content (AvgIpc) is 3.09. The number of halogens is 1. The average molecular weight is 475 g/mol. The smallest absolute Gasteiger partial charge is 0.245 e. The number of likely N-dealkylation sites (tertiary alicyclic amines) is 1. The number of carbonyl (C=O) groups is 1. The van der Waals surface area contributed by atoms with Gasteiger partial charge < -0.3 is 16.0 Å². The fourth-order valence-electron chi connectivity index (χ4n) is 5.53. The number of aromatic nitrogens is 3. The number of benzene rings is 1. The molecule has 0 bridgehead atoms. The molecular formula is C26H27ClN6O. The first kappa shape index (κ1) is 22.3. The number of anilines is 1. The van der Waals surface area contributed by atoms with Gasteiger partial charge in [-0.2, -0.15) is 5.10 Å². The lowest BCUT2D eigenvalue weighted by Crippen LogP contribution is -2.63. The number of nitrogens with two attached hydrogens (primary N) is 1. The van der Waals surface area contributed by atoms with Crippen LogP contribution in [0, 0.1) is 24.7 Å². The number of carbonyl (C=O) groups excluding carboxylic acids is 1. The van der Waals surface area contributed by atoms with Crippen LogP contribution in [0.25, 0.3) is 22.4 Å².